The molecule has 84 heavy (non-hydrogen) atoms. The van der Waals surface area contributed by atoms with Crippen LogP contribution in [0.5, 0.6) is 11.5 Å². The van der Waals surface area contributed by atoms with Gasteiger partial charge in [-0.2, -0.15) is 4.98 Å². The molecule has 1 aliphatic rings. The van der Waals surface area contributed by atoms with Crippen LogP contribution < -0.4 is 30.7 Å². The standard InChI is InChI=1S/C67H82N7O8PSi/c1-45(2)73(46(3)4)83(74(47(5)6)48(7)8)82-58-41-60(81-59(58)43-79-67(50-26-17-14-18-27-50,51-33-37-53(77-12)38-34-51)52-35-39-54(78-13)40-36-52)72-44-68-61-62(72)69-65(71-64(61)76)70-63(75)57-32-24-23-25-49(57)42-80-84(66(9,10)11,55-28-19-15-20-29-55)56-30-21-16-22-31-56/h14-40,44-48,58-60H,41-43H2,1-13H3,(H2,69,70,71,75,76)/t58-,59+,60+/m0/s1. The number of ether oxygens (including phenoxy) is 4. The maximum absolute atomic E-state index is 14.6. The Kier molecular flexibility index (Phi) is 19.5. The monoisotopic (exact) mass is 1170 g/mol. The van der Waals surface area contributed by atoms with E-state index in [0.29, 0.717) is 29.0 Å². The average molecular weight is 1170 g/mol. The lowest BCUT2D eigenvalue weighted by atomic mass is 9.80. The van der Waals surface area contributed by atoms with Gasteiger partial charge in [-0.05, 0) is 123 Å². The summed E-state index contributed by atoms with van der Waals surface area (Å²) in [5, 5.41) is 4.91. The minimum atomic E-state index is -2.98. The van der Waals surface area contributed by atoms with Crippen molar-refractivity contribution < 1.29 is 32.7 Å². The fraction of sp³-hybridized carbons (Fsp3) is 0.373. The fourth-order valence-electron chi connectivity index (χ4n) is 11.9. The second kappa shape index (κ2) is 26.6. The van der Waals surface area contributed by atoms with E-state index in [-0.39, 0.29) is 59.5 Å². The zero-order valence-corrected chi connectivity index (χ0v) is 52.7. The van der Waals surface area contributed by atoms with E-state index >= 15 is 0 Å². The van der Waals surface area contributed by atoms with Crippen molar-refractivity contribution in [2.45, 2.75) is 142 Å². The van der Waals surface area contributed by atoms with E-state index in [1.165, 1.54) is 0 Å². The van der Waals surface area contributed by atoms with Crippen molar-refractivity contribution in [2.24, 2.45) is 0 Å². The first-order chi connectivity index (χ1) is 40.3. The second-order valence-corrected chi connectivity index (χ2v) is 29.5. The molecule has 3 heterocycles. The number of nitrogens with zero attached hydrogens (tertiary/aromatic N) is 5. The first-order valence-electron chi connectivity index (χ1n) is 29.1. The third-order valence-electron chi connectivity index (χ3n) is 15.7. The summed E-state index contributed by atoms with van der Waals surface area (Å²) in [6.45, 7) is 24.6. The Morgan fingerprint density at radius 3 is 1.69 bits per heavy atom. The third kappa shape index (κ3) is 12.7. The molecular weight excluding hydrogens is 1090 g/mol. The Hall–Kier alpha value is -6.85. The Balaban J connectivity index is 1.08. The molecule has 9 rings (SSSR count). The first-order valence-corrected chi connectivity index (χ1v) is 32.2. The minimum Gasteiger partial charge on any atom is -0.497 e. The number of methoxy groups -OCH3 is 2. The van der Waals surface area contributed by atoms with Gasteiger partial charge < -0.3 is 27.9 Å². The summed E-state index contributed by atoms with van der Waals surface area (Å²) < 4.78 is 47.8. The van der Waals surface area contributed by atoms with Crippen molar-refractivity contribution in [2.75, 3.05) is 26.1 Å². The number of hydrogen-bond acceptors (Lipinski definition) is 12. The van der Waals surface area contributed by atoms with Gasteiger partial charge >= 0.3 is 0 Å². The number of H-pyrrole nitrogens is 1. The number of aromatic amines is 1. The highest BCUT2D eigenvalue weighted by atomic mass is 31.2. The van der Waals surface area contributed by atoms with Gasteiger partial charge in [-0.3, -0.25) is 24.5 Å². The van der Waals surface area contributed by atoms with Crippen LogP contribution in [-0.2, 0) is 30.6 Å². The molecule has 0 bridgehead atoms. The van der Waals surface area contributed by atoms with Gasteiger partial charge in [0, 0.05) is 36.2 Å². The molecule has 0 radical (unpaired) electrons. The van der Waals surface area contributed by atoms with Crippen LogP contribution in [0.2, 0.25) is 5.04 Å². The molecule has 1 fully saturated rings. The van der Waals surface area contributed by atoms with Gasteiger partial charge in [-0.1, -0.05) is 154 Å². The number of nitrogens with one attached hydrogen (secondary N) is 2. The van der Waals surface area contributed by atoms with Crippen LogP contribution in [0.25, 0.3) is 11.2 Å². The third-order valence-corrected chi connectivity index (χ3v) is 23.7. The molecule has 1 aliphatic heterocycles. The lowest BCUT2D eigenvalue weighted by Crippen LogP contribution is -2.66. The number of hydrogen-bond donors (Lipinski definition) is 2. The van der Waals surface area contributed by atoms with Gasteiger partial charge in [-0.25, -0.2) is 14.3 Å². The molecule has 0 unspecified atom stereocenters. The molecular formula is C67H82N7O8PSi. The summed E-state index contributed by atoms with van der Waals surface area (Å²) in [5.41, 5.74) is 2.37. The van der Waals surface area contributed by atoms with E-state index in [0.717, 1.165) is 27.1 Å². The highest BCUT2D eigenvalue weighted by Gasteiger charge is 2.51. The number of aromatic nitrogens is 4. The molecule has 1 amide bonds. The van der Waals surface area contributed by atoms with Gasteiger partial charge in [0.1, 0.15) is 29.4 Å². The number of imidazole rings is 1. The molecule has 3 atom stereocenters. The second-order valence-electron chi connectivity index (χ2n) is 23.5. The lowest BCUT2D eigenvalue weighted by Gasteiger charge is -2.47. The SMILES string of the molecule is COc1ccc(C(OC[C@H]2O[C@@H](n3cnc4c(=O)[nH]c(NC(=O)c5ccccc5CO[Si](c5ccccc5)(c5ccccc5)C(C)(C)C)nc43)C[C@@H]2OP(N(C(C)C)C(C)C)N(C(C)C)C(C)C)(c2ccccc2)c2ccc(OC)cc2)cc1. The number of benzene rings is 6. The van der Waals surface area contributed by atoms with Crippen LogP contribution in [0.1, 0.15) is 121 Å². The van der Waals surface area contributed by atoms with E-state index in [2.05, 4.69) is 161 Å². The maximum Gasteiger partial charge on any atom is 0.280 e. The van der Waals surface area contributed by atoms with E-state index in [1.807, 2.05) is 97.1 Å². The largest absolute Gasteiger partial charge is 0.497 e. The normalized spacial score (nSPS) is 16.1. The van der Waals surface area contributed by atoms with Gasteiger partial charge in [0.15, 0.2) is 19.6 Å². The molecule has 6 aromatic carbocycles. The zero-order chi connectivity index (χ0) is 59.9. The average Bonchev–Trinajstić information content (AvgIpc) is 1.39. The van der Waals surface area contributed by atoms with Crippen molar-refractivity contribution in [3.63, 3.8) is 0 Å². The van der Waals surface area contributed by atoms with Crippen LogP contribution >= 0.6 is 8.45 Å². The molecule has 15 nitrogen and oxygen atoms in total. The Morgan fingerprint density at radius 1 is 0.702 bits per heavy atom. The molecule has 0 aliphatic carbocycles. The summed E-state index contributed by atoms with van der Waals surface area (Å²) in [6.07, 6.45) is 0.0000299. The Labute approximate surface area is 497 Å². The predicted octanol–water partition coefficient (Wildman–Crippen LogP) is 12.6. The Morgan fingerprint density at radius 2 is 1.19 bits per heavy atom. The van der Waals surface area contributed by atoms with Crippen molar-refractivity contribution in [3.8, 4) is 11.5 Å². The maximum atomic E-state index is 14.6. The van der Waals surface area contributed by atoms with E-state index in [1.54, 1.807) is 31.2 Å². The van der Waals surface area contributed by atoms with Gasteiger partial charge in [-0.15, -0.1) is 0 Å². The van der Waals surface area contributed by atoms with Gasteiger partial charge in [0.2, 0.25) is 5.95 Å². The van der Waals surface area contributed by atoms with Crippen LogP contribution in [-0.4, -0.2) is 100 Å². The summed E-state index contributed by atoms with van der Waals surface area (Å²) in [6, 6.07) is 54.9. The van der Waals surface area contributed by atoms with Crippen molar-refractivity contribution in [1.82, 2.24) is 28.9 Å². The number of carbonyl (C=O) groups is 1. The summed E-state index contributed by atoms with van der Waals surface area (Å²) >= 11 is 0. The minimum absolute atomic E-state index is 0.0446. The zero-order valence-electron chi connectivity index (χ0n) is 50.8. The lowest BCUT2D eigenvalue weighted by molar-refractivity contribution is -0.0908. The molecule has 2 N–H and O–H groups in total. The van der Waals surface area contributed by atoms with E-state index in [9.17, 15) is 9.59 Å². The van der Waals surface area contributed by atoms with E-state index < -0.39 is 52.3 Å². The highest BCUT2D eigenvalue weighted by molar-refractivity contribution is 7.47. The number of anilines is 1. The molecule has 0 spiro atoms. The van der Waals surface area contributed by atoms with Gasteiger partial charge in [0.25, 0.3) is 19.8 Å². The number of carbonyl (C=O) groups excluding carboxylic acids is 1. The smallest absolute Gasteiger partial charge is 0.280 e. The van der Waals surface area contributed by atoms with E-state index in [4.69, 9.17) is 32.9 Å². The number of rotatable bonds is 24. The van der Waals surface area contributed by atoms with Crippen LogP contribution in [0.15, 0.2) is 175 Å². The van der Waals surface area contributed by atoms with Crippen molar-refractivity contribution in [3.05, 3.63) is 208 Å². The molecule has 2 aromatic heterocycles. The molecule has 442 valence electrons. The summed E-state index contributed by atoms with van der Waals surface area (Å²) in [7, 11) is -1.07. The molecule has 17 heteroatoms. The summed E-state index contributed by atoms with van der Waals surface area (Å²) in [4.78, 5) is 41.1. The number of amides is 1. The number of fused-ring (bicyclic) bond motifs is 1. The molecule has 1 saturated heterocycles. The van der Waals surface area contributed by atoms with Gasteiger partial charge in [0.05, 0.1) is 39.9 Å². The van der Waals surface area contributed by atoms with Crippen LogP contribution in [0.4, 0.5) is 5.95 Å². The van der Waals surface area contributed by atoms with Crippen LogP contribution in [0, 0.1) is 0 Å². The first kappa shape index (κ1) is 61.7. The summed E-state index contributed by atoms with van der Waals surface area (Å²) in [5.74, 6) is 0.917. The fourth-order valence-corrected chi connectivity index (χ4v) is 19.0. The topological polar surface area (TPSA) is 155 Å². The van der Waals surface area contributed by atoms with Crippen LogP contribution in [0.3, 0.4) is 0 Å². The molecule has 0 saturated carbocycles. The molecule has 8 aromatic rings. The van der Waals surface area contributed by atoms with Crippen molar-refractivity contribution >= 4 is 50.2 Å². The Bertz CT molecular complexity index is 3360. The predicted molar refractivity (Wildman–Crippen MR) is 338 cm³/mol. The van der Waals surface area contributed by atoms with Crippen molar-refractivity contribution in [1.29, 1.82) is 0 Å². The highest BCUT2D eigenvalue weighted by Crippen LogP contribution is 2.54. The quantitative estimate of drug-likeness (QED) is 0.0336.